The van der Waals surface area contributed by atoms with Gasteiger partial charge in [0.1, 0.15) is 22.3 Å². The first-order valence-electron chi connectivity index (χ1n) is 21.3. The molecule has 12 aromatic rings. The van der Waals surface area contributed by atoms with Crippen LogP contribution in [0.1, 0.15) is 22.3 Å². The molecule has 3 aromatic heterocycles. The third-order valence-corrected chi connectivity index (χ3v) is 13.4. The number of hydrogen-bond acceptors (Lipinski definition) is 5. The maximum Gasteiger partial charge on any atom is 0.164 e. The maximum atomic E-state index is 6.93. The lowest BCUT2D eigenvalue weighted by molar-refractivity contribution is 0.666. The van der Waals surface area contributed by atoms with Crippen LogP contribution in [0.2, 0.25) is 0 Å². The third-order valence-electron chi connectivity index (χ3n) is 13.4. The third kappa shape index (κ3) is 4.79. The molecule has 0 unspecified atom stereocenters. The van der Waals surface area contributed by atoms with E-state index in [0.717, 1.165) is 71.7 Å². The predicted octanol–water partition coefficient (Wildman–Crippen LogP) is 14.7. The van der Waals surface area contributed by atoms with Crippen LogP contribution in [0.4, 0.5) is 0 Å². The highest BCUT2D eigenvalue weighted by molar-refractivity contribution is 6.16. The highest BCUT2D eigenvalue weighted by Crippen LogP contribution is 2.65. The number of furan rings is 2. The minimum atomic E-state index is -0.607. The average molecular weight is 804 g/mol. The smallest absolute Gasteiger partial charge is 0.164 e. The lowest BCUT2D eigenvalue weighted by atomic mass is 9.69. The highest BCUT2D eigenvalue weighted by Gasteiger charge is 2.53. The minimum absolute atomic E-state index is 0.580. The number of aromatic nitrogens is 3. The first kappa shape index (κ1) is 34.3. The Morgan fingerprint density at radius 1 is 0.302 bits per heavy atom. The van der Waals surface area contributed by atoms with Crippen molar-refractivity contribution in [2.24, 2.45) is 0 Å². The Bertz CT molecular complexity index is 3800. The molecule has 0 bridgehead atoms. The molecule has 0 saturated carbocycles. The summed E-state index contributed by atoms with van der Waals surface area (Å²) in [6, 6.07) is 70.6. The Morgan fingerprint density at radius 3 is 1.57 bits per heavy atom. The molecule has 0 fully saturated rings. The standard InChI is InChI=1S/C58H33N3O2/c1-3-13-34(14-4-1)35-23-25-37(26-24-35)56-59-55(36-15-5-2-6-16-36)60-57(61-56)38-27-28-43-51(31-38)63-50-30-29-42-44-32-45-41-19-9-12-22-49(41)62-52(45)33-48(44)58(54(42)53(43)50)46-20-10-7-17-39(46)40-18-8-11-21-47(40)58/h1-33H. The second-order valence-electron chi connectivity index (χ2n) is 16.6. The van der Waals surface area contributed by atoms with Gasteiger partial charge in [0, 0.05) is 38.2 Å². The van der Waals surface area contributed by atoms with Gasteiger partial charge in [0.2, 0.25) is 0 Å². The molecule has 5 heteroatoms. The fourth-order valence-corrected chi connectivity index (χ4v) is 10.6. The Kier molecular flexibility index (Phi) is 6.97. The topological polar surface area (TPSA) is 65.0 Å². The van der Waals surface area contributed by atoms with Crippen LogP contribution in [0.15, 0.2) is 209 Å². The zero-order valence-corrected chi connectivity index (χ0v) is 33.7. The summed E-state index contributed by atoms with van der Waals surface area (Å²) >= 11 is 0. The van der Waals surface area contributed by atoms with Gasteiger partial charge in [-0.2, -0.15) is 0 Å². The molecule has 0 radical (unpaired) electrons. The summed E-state index contributed by atoms with van der Waals surface area (Å²) in [4.78, 5) is 15.2. The number of para-hydroxylation sites is 1. The van der Waals surface area contributed by atoms with Crippen LogP contribution >= 0.6 is 0 Å². The maximum absolute atomic E-state index is 6.93. The number of nitrogens with zero attached hydrogens (tertiary/aromatic N) is 3. The number of rotatable bonds is 4. The fourth-order valence-electron chi connectivity index (χ4n) is 10.6. The second kappa shape index (κ2) is 12.8. The van der Waals surface area contributed by atoms with Gasteiger partial charge in [-0.05, 0) is 92.0 Å². The molecule has 0 amide bonds. The largest absolute Gasteiger partial charge is 0.456 e. The Labute approximate surface area is 361 Å². The van der Waals surface area contributed by atoms with Crippen molar-refractivity contribution in [1.82, 2.24) is 15.0 Å². The summed E-state index contributed by atoms with van der Waals surface area (Å²) in [5.41, 5.74) is 17.7. The second-order valence-corrected chi connectivity index (χ2v) is 16.6. The SMILES string of the molecule is c1ccc(-c2ccc(-c3nc(-c4ccccc4)nc(-c4ccc5c(c4)oc4ccc6c(c45)C4(c5ccccc5-c5ccccc54)c4cc5oc7ccccc7c5cc4-6)n3)cc2)cc1. The van der Waals surface area contributed by atoms with Gasteiger partial charge in [0.05, 0.1) is 5.41 Å². The van der Waals surface area contributed by atoms with Crippen LogP contribution in [0.3, 0.4) is 0 Å². The van der Waals surface area contributed by atoms with Gasteiger partial charge in [-0.25, -0.2) is 15.0 Å². The van der Waals surface area contributed by atoms with E-state index in [1.54, 1.807) is 0 Å². The summed E-state index contributed by atoms with van der Waals surface area (Å²) in [6.07, 6.45) is 0. The molecular formula is C58H33N3O2. The molecule has 0 saturated heterocycles. The van der Waals surface area contributed by atoms with E-state index in [9.17, 15) is 0 Å². The van der Waals surface area contributed by atoms with E-state index in [4.69, 9.17) is 23.8 Å². The Morgan fingerprint density at radius 2 is 0.841 bits per heavy atom. The van der Waals surface area contributed by atoms with Gasteiger partial charge in [-0.1, -0.05) is 164 Å². The van der Waals surface area contributed by atoms with Crippen molar-refractivity contribution in [3.8, 4) is 67.5 Å². The lowest BCUT2D eigenvalue weighted by Crippen LogP contribution is -2.26. The van der Waals surface area contributed by atoms with Crippen molar-refractivity contribution in [2.45, 2.75) is 5.41 Å². The van der Waals surface area contributed by atoms with Crippen LogP contribution in [0.25, 0.3) is 111 Å². The van der Waals surface area contributed by atoms with Gasteiger partial charge in [-0.15, -0.1) is 0 Å². The minimum Gasteiger partial charge on any atom is -0.456 e. The molecular weight excluding hydrogens is 771 g/mol. The van der Waals surface area contributed by atoms with E-state index in [1.807, 2.05) is 42.5 Å². The van der Waals surface area contributed by atoms with Crippen LogP contribution in [-0.2, 0) is 5.41 Å². The summed E-state index contributed by atoms with van der Waals surface area (Å²) < 4.78 is 13.5. The predicted molar refractivity (Wildman–Crippen MR) is 252 cm³/mol. The van der Waals surface area contributed by atoms with E-state index in [0.29, 0.717) is 17.5 Å². The molecule has 3 heterocycles. The van der Waals surface area contributed by atoms with Crippen molar-refractivity contribution in [2.75, 3.05) is 0 Å². The fraction of sp³-hybridized carbons (Fsp3) is 0.0172. The number of hydrogen-bond donors (Lipinski definition) is 0. The summed E-state index contributed by atoms with van der Waals surface area (Å²) in [5.74, 6) is 1.80. The van der Waals surface area contributed by atoms with Gasteiger partial charge in [-0.3, -0.25) is 0 Å². The molecule has 5 nitrogen and oxygen atoms in total. The first-order valence-corrected chi connectivity index (χ1v) is 21.3. The van der Waals surface area contributed by atoms with Crippen LogP contribution in [-0.4, -0.2) is 15.0 Å². The van der Waals surface area contributed by atoms with Crippen molar-refractivity contribution in [3.63, 3.8) is 0 Å². The first-order chi connectivity index (χ1) is 31.2. The van der Waals surface area contributed by atoms with Crippen LogP contribution in [0.5, 0.6) is 0 Å². The molecule has 0 atom stereocenters. The van der Waals surface area contributed by atoms with Gasteiger partial charge < -0.3 is 8.83 Å². The zero-order valence-electron chi connectivity index (χ0n) is 33.7. The van der Waals surface area contributed by atoms with Gasteiger partial charge in [0.25, 0.3) is 0 Å². The summed E-state index contributed by atoms with van der Waals surface area (Å²) in [6.45, 7) is 0. The summed E-state index contributed by atoms with van der Waals surface area (Å²) in [7, 11) is 0. The molecule has 0 aliphatic heterocycles. The molecule has 9 aromatic carbocycles. The van der Waals surface area contributed by atoms with E-state index in [1.165, 1.54) is 44.5 Å². The van der Waals surface area contributed by atoms with Crippen molar-refractivity contribution < 1.29 is 8.83 Å². The molecule has 0 N–H and O–H groups in total. The molecule has 292 valence electrons. The molecule has 2 aliphatic rings. The quantitative estimate of drug-likeness (QED) is 0.177. The molecule has 14 rings (SSSR count). The highest BCUT2D eigenvalue weighted by atomic mass is 16.3. The Balaban J connectivity index is 0.993. The summed E-state index contributed by atoms with van der Waals surface area (Å²) in [5, 5.41) is 4.39. The van der Waals surface area contributed by atoms with E-state index >= 15 is 0 Å². The van der Waals surface area contributed by atoms with Crippen molar-refractivity contribution in [1.29, 1.82) is 0 Å². The van der Waals surface area contributed by atoms with Gasteiger partial charge >= 0.3 is 0 Å². The normalized spacial score (nSPS) is 13.2. The number of benzene rings is 9. The van der Waals surface area contributed by atoms with Crippen LogP contribution < -0.4 is 0 Å². The molecule has 63 heavy (non-hydrogen) atoms. The molecule has 2 aliphatic carbocycles. The van der Waals surface area contributed by atoms with E-state index in [-0.39, 0.29) is 0 Å². The molecule has 1 spiro atoms. The van der Waals surface area contributed by atoms with Crippen molar-refractivity contribution in [3.05, 3.63) is 222 Å². The number of fused-ring (bicyclic) bond motifs is 17. The van der Waals surface area contributed by atoms with E-state index in [2.05, 4.69) is 158 Å². The monoisotopic (exact) mass is 803 g/mol. The Hall–Kier alpha value is -8.41. The lowest BCUT2D eigenvalue weighted by Gasteiger charge is -2.31. The van der Waals surface area contributed by atoms with Crippen molar-refractivity contribution >= 4 is 43.9 Å². The van der Waals surface area contributed by atoms with Crippen LogP contribution in [0, 0.1) is 0 Å². The van der Waals surface area contributed by atoms with E-state index < -0.39 is 5.41 Å². The van der Waals surface area contributed by atoms with Gasteiger partial charge in [0.15, 0.2) is 17.5 Å². The average Bonchev–Trinajstić information content (AvgIpc) is 4.08. The zero-order chi connectivity index (χ0) is 41.2.